The summed E-state index contributed by atoms with van der Waals surface area (Å²) in [6.07, 6.45) is 3.07. The van der Waals surface area contributed by atoms with Crippen LogP contribution in [0.15, 0.2) is 79.0 Å². The van der Waals surface area contributed by atoms with E-state index < -0.39 is 0 Å². The van der Waals surface area contributed by atoms with E-state index in [-0.39, 0.29) is 11.9 Å². The maximum Gasteiger partial charge on any atom is 0.237 e. The molecule has 4 N–H and O–H groups in total. The molecule has 4 heterocycles. The largest absolute Gasteiger partial charge is 0.481 e. The van der Waals surface area contributed by atoms with Gasteiger partial charge >= 0.3 is 0 Å². The number of nitrogens with zero attached hydrogens (tertiary/aromatic N) is 3. The van der Waals surface area contributed by atoms with Crippen LogP contribution in [0, 0.1) is 6.92 Å². The van der Waals surface area contributed by atoms with Crippen molar-refractivity contribution in [3.05, 3.63) is 112 Å². The lowest BCUT2D eigenvalue weighted by atomic mass is 9.98. The number of amides is 1. The molecule has 1 fully saturated rings. The van der Waals surface area contributed by atoms with Gasteiger partial charge in [-0.25, -0.2) is 9.97 Å². The van der Waals surface area contributed by atoms with Gasteiger partial charge in [-0.15, -0.1) is 0 Å². The molecule has 0 unspecified atom stereocenters. The van der Waals surface area contributed by atoms with Crippen LogP contribution in [0.3, 0.4) is 0 Å². The molecule has 3 aromatic carbocycles. The van der Waals surface area contributed by atoms with E-state index >= 15 is 0 Å². The molecule has 266 valence electrons. The van der Waals surface area contributed by atoms with Crippen LogP contribution >= 0.6 is 23.2 Å². The Hall–Kier alpha value is -5.00. The molecule has 7 rings (SSSR count). The van der Waals surface area contributed by atoms with Crippen LogP contribution in [0.25, 0.3) is 44.5 Å². The van der Waals surface area contributed by atoms with Crippen molar-refractivity contribution in [2.75, 3.05) is 20.8 Å². The Kier molecular flexibility index (Phi) is 10.7. The van der Waals surface area contributed by atoms with E-state index in [2.05, 4.69) is 57.1 Å². The molecule has 6 aromatic rings. The van der Waals surface area contributed by atoms with E-state index in [9.17, 15) is 4.79 Å². The summed E-state index contributed by atoms with van der Waals surface area (Å²) < 4.78 is 11.3. The van der Waals surface area contributed by atoms with Crippen LogP contribution in [0.4, 0.5) is 0 Å². The maximum atomic E-state index is 11.5. The second kappa shape index (κ2) is 15.7. The van der Waals surface area contributed by atoms with Crippen molar-refractivity contribution < 1.29 is 14.3 Å². The quantitative estimate of drug-likeness (QED) is 0.0954. The fraction of sp³-hybridized carbons (Fsp3) is 0.250. The van der Waals surface area contributed by atoms with E-state index in [0.29, 0.717) is 77.1 Å². The van der Waals surface area contributed by atoms with Crippen LogP contribution in [-0.4, -0.2) is 52.6 Å². The van der Waals surface area contributed by atoms with Gasteiger partial charge in [-0.2, -0.15) is 0 Å². The van der Waals surface area contributed by atoms with E-state index in [1.807, 2.05) is 48.5 Å². The van der Waals surface area contributed by atoms with Gasteiger partial charge in [0, 0.05) is 77.7 Å². The zero-order chi connectivity index (χ0) is 36.2. The molecular formula is C40H39Cl2N7O3. The minimum atomic E-state index is 0.0867. The van der Waals surface area contributed by atoms with Gasteiger partial charge in [0.1, 0.15) is 5.69 Å². The number of carbonyl (C=O) groups is 1. The maximum absolute atomic E-state index is 11.5. The number of fused-ring (bicyclic) bond motifs is 1. The van der Waals surface area contributed by atoms with Gasteiger partial charge in [0.2, 0.25) is 17.7 Å². The number of aromatic nitrogens is 4. The minimum absolute atomic E-state index is 0.0867. The fourth-order valence-corrected chi connectivity index (χ4v) is 7.24. The van der Waals surface area contributed by atoms with Gasteiger partial charge < -0.3 is 30.4 Å². The summed E-state index contributed by atoms with van der Waals surface area (Å²) in [6.45, 7) is 4.44. The standard InChI is InChI=1S/C40H39Cl2N7O3/c1-23-16-26-17-24(10-13-32(26)46-23)18-43-19-25-11-14-33(48-39(25)51-2)30-8-4-6-28(37(30)41)29-7-5-9-31(38(29)42)34-22-45-35(40(49-34)52-3)21-44-20-27-12-15-36(50)47-27/h4-11,13-14,16-17,22,27,43-44,46H,12,15,18-21H2,1-3H3,(H,47,50)/t27-/m0/s1. The highest BCUT2D eigenvalue weighted by Gasteiger charge is 2.21. The molecule has 3 aromatic heterocycles. The molecule has 52 heavy (non-hydrogen) atoms. The number of benzene rings is 3. The Labute approximate surface area is 312 Å². The molecular weight excluding hydrogens is 697 g/mol. The first kappa shape index (κ1) is 35.4. The average Bonchev–Trinajstić information content (AvgIpc) is 3.75. The topological polar surface area (TPSA) is 126 Å². The summed E-state index contributed by atoms with van der Waals surface area (Å²) in [4.78, 5) is 29.1. The second-order valence-corrected chi connectivity index (χ2v) is 13.6. The monoisotopic (exact) mass is 735 g/mol. The van der Waals surface area contributed by atoms with Gasteiger partial charge in [-0.05, 0) is 48.6 Å². The number of hydrogen-bond donors (Lipinski definition) is 4. The van der Waals surface area contributed by atoms with Crippen molar-refractivity contribution in [3.8, 4) is 45.4 Å². The van der Waals surface area contributed by atoms with Crippen molar-refractivity contribution in [3.63, 3.8) is 0 Å². The van der Waals surface area contributed by atoms with Crippen LogP contribution in [0.1, 0.15) is 35.4 Å². The predicted molar refractivity (Wildman–Crippen MR) is 206 cm³/mol. The van der Waals surface area contributed by atoms with Crippen LogP contribution in [-0.2, 0) is 24.4 Å². The van der Waals surface area contributed by atoms with Gasteiger partial charge in [-0.1, -0.05) is 71.7 Å². The first-order valence-corrected chi connectivity index (χ1v) is 17.9. The first-order valence-electron chi connectivity index (χ1n) is 17.1. The third kappa shape index (κ3) is 7.61. The Bertz CT molecular complexity index is 2260. The van der Waals surface area contributed by atoms with Crippen LogP contribution in [0.2, 0.25) is 10.0 Å². The molecule has 1 atom stereocenters. The van der Waals surface area contributed by atoms with Gasteiger partial charge in [0.15, 0.2) is 0 Å². The highest BCUT2D eigenvalue weighted by atomic mass is 35.5. The number of ether oxygens (including phenoxy) is 2. The normalized spacial score (nSPS) is 14.2. The Balaban J connectivity index is 1.08. The summed E-state index contributed by atoms with van der Waals surface area (Å²) in [5, 5.41) is 12.0. The third-order valence-corrected chi connectivity index (χ3v) is 10.0. The molecule has 0 aliphatic carbocycles. The SMILES string of the molecule is COc1nc(-c2cccc(-c3cccc(-c4cnc(CNC[C@@H]5CCC(=O)N5)c(OC)n4)c3Cl)c2Cl)ccc1CNCc1ccc2[nH]c(C)cc2c1. The summed E-state index contributed by atoms with van der Waals surface area (Å²) in [5.74, 6) is 1.01. The Morgan fingerprint density at radius 2 is 1.52 bits per heavy atom. The number of aromatic amines is 1. The van der Waals surface area contributed by atoms with E-state index in [0.717, 1.165) is 39.9 Å². The highest BCUT2D eigenvalue weighted by Crippen LogP contribution is 2.42. The lowest BCUT2D eigenvalue weighted by Gasteiger charge is -2.15. The zero-order valence-corrected chi connectivity index (χ0v) is 30.7. The molecule has 1 aliphatic rings. The van der Waals surface area contributed by atoms with Crippen molar-refractivity contribution in [1.29, 1.82) is 0 Å². The summed E-state index contributed by atoms with van der Waals surface area (Å²) in [6, 6.07) is 24.2. The number of aryl methyl sites for hydroxylation is 1. The first-order chi connectivity index (χ1) is 25.3. The van der Waals surface area contributed by atoms with Crippen molar-refractivity contribution in [2.45, 2.75) is 45.4 Å². The third-order valence-electron chi connectivity index (χ3n) is 9.21. The number of halogens is 2. The minimum Gasteiger partial charge on any atom is -0.481 e. The molecule has 0 spiro atoms. The average molecular weight is 737 g/mol. The van der Waals surface area contributed by atoms with E-state index in [4.69, 9.17) is 42.6 Å². The van der Waals surface area contributed by atoms with Gasteiger partial charge in [-0.3, -0.25) is 9.78 Å². The molecule has 12 heteroatoms. The number of carbonyl (C=O) groups excluding carboxylic acids is 1. The Morgan fingerprint density at radius 1 is 0.808 bits per heavy atom. The number of rotatable bonds is 13. The van der Waals surface area contributed by atoms with E-state index in [1.54, 1.807) is 20.4 Å². The Morgan fingerprint density at radius 3 is 2.23 bits per heavy atom. The van der Waals surface area contributed by atoms with Crippen molar-refractivity contribution in [2.24, 2.45) is 0 Å². The summed E-state index contributed by atoms with van der Waals surface area (Å²) in [5.41, 5.74) is 9.29. The molecule has 1 aliphatic heterocycles. The molecule has 0 saturated carbocycles. The molecule has 0 bridgehead atoms. The fourth-order valence-electron chi connectivity index (χ4n) is 6.59. The number of nitrogens with one attached hydrogen (secondary N) is 4. The highest BCUT2D eigenvalue weighted by molar-refractivity contribution is 6.39. The van der Waals surface area contributed by atoms with Crippen molar-refractivity contribution in [1.82, 2.24) is 35.9 Å². The molecule has 1 amide bonds. The lowest BCUT2D eigenvalue weighted by molar-refractivity contribution is -0.119. The predicted octanol–water partition coefficient (Wildman–Crippen LogP) is 7.64. The summed E-state index contributed by atoms with van der Waals surface area (Å²) >= 11 is 14.2. The van der Waals surface area contributed by atoms with Gasteiger partial charge in [0.25, 0.3) is 0 Å². The molecule has 0 radical (unpaired) electrons. The number of pyridine rings is 1. The number of hydrogen-bond acceptors (Lipinski definition) is 8. The summed E-state index contributed by atoms with van der Waals surface area (Å²) in [7, 11) is 3.19. The number of H-pyrrole nitrogens is 1. The molecule has 10 nitrogen and oxygen atoms in total. The van der Waals surface area contributed by atoms with Gasteiger partial charge in [0.05, 0.1) is 41.8 Å². The smallest absolute Gasteiger partial charge is 0.237 e. The second-order valence-electron chi connectivity index (χ2n) is 12.8. The molecule has 1 saturated heterocycles. The number of methoxy groups -OCH3 is 2. The van der Waals surface area contributed by atoms with Crippen molar-refractivity contribution >= 4 is 40.0 Å². The van der Waals surface area contributed by atoms with Crippen LogP contribution < -0.4 is 25.4 Å². The van der Waals surface area contributed by atoms with Crippen LogP contribution in [0.5, 0.6) is 11.8 Å². The zero-order valence-electron chi connectivity index (χ0n) is 29.1. The lowest BCUT2D eigenvalue weighted by Crippen LogP contribution is -2.35. The van der Waals surface area contributed by atoms with E-state index in [1.165, 1.54) is 10.9 Å².